The van der Waals surface area contributed by atoms with E-state index in [9.17, 15) is 9.50 Å². The Bertz CT molecular complexity index is 330. The predicted octanol–water partition coefficient (Wildman–Crippen LogP) is 0.532. The highest BCUT2D eigenvalue weighted by atomic mass is 19.1. The van der Waals surface area contributed by atoms with Crippen LogP contribution < -0.4 is 10.5 Å². The summed E-state index contributed by atoms with van der Waals surface area (Å²) >= 11 is 0. The Morgan fingerprint density at radius 2 is 2.21 bits per heavy atom. The Hall–Kier alpha value is -1.33. The fourth-order valence-corrected chi connectivity index (χ4v) is 1.07. The first-order valence-electron chi connectivity index (χ1n) is 4.03. The average molecular weight is 201 g/mol. The summed E-state index contributed by atoms with van der Waals surface area (Å²) in [5.74, 6) is -1.37. The van der Waals surface area contributed by atoms with E-state index in [4.69, 9.17) is 15.6 Å². The highest BCUT2D eigenvalue weighted by molar-refractivity contribution is 5.43. The third kappa shape index (κ3) is 1.94. The molecule has 0 saturated carbocycles. The number of ether oxygens (including phenoxy) is 1. The van der Waals surface area contributed by atoms with E-state index in [1.54, 1.807) is 0 Å². The molecule has 0 aromatic heterocycles. The maximum absolute atomic E-state index is 13.1. The number of phenolic OH excluding ortho intramolecular Hbond substituents is 1. The van der Waals surface area contributed by atoms with Crippen LogP contribution in [0.15, 0.2) is 12.1 Å². The fraction of sp³-hybridized carbons (Fsp3) is 0.333. The molecular weight excluding hydrogens is 189 g/mol. The quantitative estimate of drug-likeness (QED) is 0.666. The molecule has 0 aliphatic heterocycles. The zero-order valence-corrected chi connectivity index (χ0v) is 7.70. The Kier molecular flexibility index (Phi) is 3.27. The summed E-state index contributed by atoms with van der Waals surface area (Å²) in [6, 6.07) is 1.77. The average Bonchev–Trinajstić information content (AvgIpc) is 2.20. The number of aliphatic hydroxyl groups excluding tert-OH is 1. The molecule has 1 aromatic carbocycles. The van der Waals surface area contributed by atoms with Crippen molar-refractivity contribution in [3.63, 3.8) is 0 Å². The van der Waals surface area contributed by atoms with Crippen molar-refractivity contribution in [2.24, 2.45) is 5.73 Å². The molecule has 14 heavy (non-hydrogen) atoms. The molecule has 1 rings (SSSR count). The van der Waals surface area contributed by atoms with Gasteiger partial charge in [-0.3, -0.25) is 0 Å². The van der Waals surface area contributed by atoms with Gasteiger partial charge in [-0.15, -0.1) is 0 Å². The molecule has 0 bridgehead atoms. The minimum Gasteiger partial charge on any atom is -0.502 e. The van der Waals surface area contributed by atoms with Crippen LogP contribution in [-0.4, -0.2) is 23.9 Å². The van der Waals surface area contributed by atoms with Crippen LogP contribution in [-0.2, 0) is 0 Å². The number of phenols is 1. The van der Waals surface area contributed by atoms with Gasteiger partial charge in [0.2, 0.25) is 0 Å². The predicted molar refractivity (Wildman–Crippen MR) is 48.6 cm³/mol. The summed E-state index contributed by atoms with van der Waals surface area (Å²) in [5.41, 5.74) is 5.86. The van der Waals surface area contributed by atoms with E-state index >= 15 is 0 Å². The highest BCUT2D eigenvalue weighted by Gasteiger charge is 2.13. The van der Waals surface area contributed by atoms with Gasteiger partial charge in [0.25, 0.3) is 0 Å². The van der Waals surface area contributed by atoms with Crippen molar-refractivity contribution in [1.29, 1.82) is 0 Å². The van der Waals surface area contributed by atoms with E-state index in [0.717, 1.165) is 6.07 Å². The van der Waals surface area contributed by atoms with Gasteiger partial charge >= 0.3 is 0 Å². The second-order valence-electron chi connectivity index (χ2n) is 2.84. The summed E-state index contributed by atoms with van der Waals surface area (Å²) in [6.07, 6.45) is 0. The molecule has 1 unspecified atom stereocenters. The standard InChI is InChI=1S/C9H12FNO3/c1-14-8-3-5(7(11)4-12)2-6(10)9(8)13/h2-3,7,12-13H,4,11H2,1H3. The third-order valence-electron chi connectivity index (χ3n) is 1.90. The van der Waals surface area contributed by atoms with Crippen molar-refractivity contribution in [2.45, 2.75) is 6.04 Å². The first kappa shape index (κ1) is 10.7. The lowest BCUT2D eigenvalue weighted by atomic mass is 10.1. The summed E-state index contributed by atoms with van der Waals surface area (Å²) in [7, 11) is 1.31. The number of nitrogens with two attached hydrogens (primary N) is 1. The van der Waals surface area contributed by atoms with Crippen LogP contribution in [0.3, 0.4) is 0 Å². The van der Waals surface area contributed by atoms with Crippen molar-refractivity contribution in [3.8, 4) is 11.5 Å². The van der Waals surface area contributed by atoms with Crippen LogP contribution in [0, 0.1) is 5.82 Å². The maximum Gasteiger partial charge on any atom is 0.194 e. The van der Waals surface area contributed by atoms with E-state index in [0.29, 0.717) is 5.56 Å². The van der Waals surface area contributed by atoms with Crippen molar-refractivity contribution < 1.29 is 19.3 Å². The smallest absolute Gasteiger partial charge is 0.194 e. The van der Waals surface area contributed by atoms with Crippen molar-refractivity contribution in [2.75, 3.05) is 13.7 Å². The third-order valence-corrected chi connectivity index (χ3v) is 1.90. The second-order valence-corrected chi connectivity index (χ2v) is 2.84. The summed E-state index contributed by atoms with van der Waals surface area (Å²) in [6.45, 7) is -0.298. The normalized spacial score (nSPS) is 12.6. The van der Waals surface area contributed by atoms with Gasteiger partial charge in [0.15, 0.2) is 17.3 Å². The van der Waals surface area contributed by atoms with Crippen LogP contribution in [0.1, 0.15) is 11.6 Å². The lowest BCUT2D eigenvalue weighted by Crippen LogP contribution is -2.14. The topological polar surface area (TPSA) is 75.7 Å². The van der Waals surface area contributed by atoms with E-state index < -0.39 is 17.6 Å². The Labute approximate surface area is 80.7 Å². The summed E-state index contributed by atoms with van der Waals surface area (Å²) in [5, 5.41) is 17.9. The monoisotopic (exact) mass is 201 g/mol. The number of aliphatic hydroxyl groups is 1. The largest absolute Gasteiger partial charge is 0.502 e. The minimum atomic E-state index is -0.816. The number of benzene rings is 1. The molecule has 0 aliphatic rings. The molecule has 0 fully saturated rings. The van der Waals surface area contributed by atoms with Crippen molar-refractivity contribution in [3.05, 3.63) is 23.5 Å². The number of aromatic hydroxyl groups is 1. The highest BCUT2D eigenvalue weighted by Crippen LogP contribution is 2.31. The molecule has 0 saturated heterocycles. The number of halogens is 1. The van der Waals surface area contributed by atoms with Crippen LogP contribution >= 0.6 is 0 Å². The zero-order valence-electron chi connectivity index (χ0n) is 7.70. The van der Waals surface area contributed by atoms with Crippen LogP contribution in [0.2, 0.25) is 0 Å². The van der Waals surface area contributed by atoms with E-state index in [2.05, 4.69) is 0 Å². The Balaban J connectivity index is 3.16. The van der Waals surface area contributed by atoms with Gasteiger partial charge in [-0.1, -0.05) is 0 Å². The molecular formula is C9H12FNO3. The van der Waals surface area contributed by atoms with Crippen LogP contribution in [0.4, 0.5) is 4.39 Å². The molecule has 5 heteroatoms. The molecule has 4 N–H and O–H groups in total. The number of hydrogen-bond acceptors (Lipinski definition) is 4. The first-order chi connectivity index (χ1) is 6.60. The van der Waals surface area contributed by atoms with Crippen LogP contribution in [0.5, 0.6) is 11.5 Å². The second kappa shape index (κ2) is 4.26. The van der Waals surface area contributed by atoms with Gasteiger partial charge < -0.3 is 20.7 Å². The molecule has 1 aromatic rings. The maximum atomic E-state index is 13.1. The fourth-order valence-electron chi connectivity index (χ4n) is 1.07. The first-order valence-corrected chi connectivity index (χ1v) is 4.03. The molecule has 0 spiro atoms. The van der Waals surface area contributed by atoms with Gasteiger partial charge in [0.05, 0.1) is 19.8 Å². The Morgan fingerprint density at radius 1 is 1.57 bits per heavy atom. The van der Waals surface area contributed by atoms with Gasteiger partial charge in [-0.2, -0.15) is 0 Å². The van der Waals surface area contributed by atoms with Gasteiger partial charge in [-0.25, -0.2) is 4.39 Å². The molecule has 1 atom stereocenters. The SMILES string of the molecule is COc1cc(C(N)CO)cc(F)c1O. The number of rotatable bonds is 3. The van der Waals surface area contributed by atoms with Crippen molar-refractivity contribution >= 4 is 0 Å². The van der Waals surface area contributed by atoms with Gasteiger partial charge in [0, 0.05) is 0 Å². The zero-order chi connectivity index (χ0) is 10.7. The van der Waals surface area contributed by atoms with E-state index in [1.165, 1.54) is 13.2 Å². The molecule has 0 radical (unpaired) electrons. The Morgan fingerprint density at radius 3 is 2.71 bits per heavy atom. The number of hydrogen-bond donors (Lipinski definition) is 3. The van der Waals surface area contributed by atoms with Gasteiger partial charge in [-0.05, 0) is 17.7 Å². The van der Waals surface area contributed by atoms with Crippen molar-refractivity contribution in [1.82, 2.24) is 0 Å². The molecule has 0 heterocycles. The molecule has 78 valence electrons. The van der Waals surface area contributed by atoms with E-state index in [1.807, 2.05) is 0 Å². The lowest BCUT2D eigenvalue weighted by molar-refractivity contribution is 0.267. The van der Waals surface area contributed by atoms with Crippen LogP contribution in [0.25, 0.3) is 0 Å². The lowest BCUT2D eigenvalue weighted by Gasteiger charge is -2.11. The summed E-state index contributed by atoms with van der Waals surface area (Å²) in [4.78, 5) is 0. The molecule has 4 nitrogen and oxygen atoms in total. The van der Waals surface area contributed by atoms with Gasteiger partial charge in [0.1, 0.15) is 0 Å². The minimum absolute atomic E-state index is 0.00361. The van der Waals surface area contributed by atoms with E-state index in [-0.39, 0.29) is 12.4 Å². The molecule has 0 amide bonds. The number of methoxy groups -OCH3 is 1. The molecule has 0 aliphatic carbocycles. The summed E-state index contributed by atoms with van der Waals surface area (Å²) < 4.78 is 17.8.